The summed E-state index contributed by atoms with van der Waals surface area (Å²) in [5, 5.41) is 0. The van der Waals surface area contributed by atoms with E-state index in [0.29, 0.717) is 17.8 Å². The highest BCUT2D eigenvalue weighted by molar-refractivity contribution is 6.11. The third kappa shape index (κ3) is 3.76. The molecule has 0 bridgehead atoms. The fourth-order valence-electron chi connectivity index (χ4n) is 3.79. The number of amides is 2. The summed E-state index contributed by atoms with van der Waals surface area (Å²) in [6.45, 7) is 2.52. The molecule has 1 atom stereocenters. The first-order valence-electron chi connectivity index (χ1n) is 9.67. The van der Waals surface area contributed by atoms with Crippen molar-refractivity contribution in [3.8, 4) is 0 Å². The number of anilines is 1. The summed E-state index contributed by atoms with van der Waals surface area (Å²) >= 11 is 0. The number of hydrogen-bond acceptors (Lipinski definition) is 3. The van der Waals surface area contributed by atoms with Gasteiger partial charge in [0.05, 0.1) is 23.7 Å². The molecule has 1 aliphatic rings. The molecule has 1 aliphatic heterocycles. The third-order valence-electron chi connectivity index (χ3n) is 5.25. The molecule has 0 radical (unpaired) electrons. The summed E-state index contributed by atoms with van der Waals surface area (Å²) in [7, 11) is 1.79. The van der Waals surface area contributed by atoms with E-state index in [2.05, 4.69) is 4.98 Å². The second-order valence-electron chi connectivity index (χ2n) is 7.41. The normalized spacial score (nSPS) is 15.3. The molecule has 0 aliphatic carbocycles. The lowest BCUT2D eigenvalue weighted by molar-refractivity contribution is -0.130. The standard InChI is InChI=1S/C24H23N3O2/c1-17-8-6-11-19(14-17)27-21(23-20(24(27)29)12-7-13-25-23)15-22(28)26(2)16-18-9-4-3-5-10-18/h3-14,21H,15-16H2,1-2H3/t21-/m0/s1. The van der Waals surface area contributed by atoms with Crippen LogP contribution in [0.5, 0.6) is 0 Å². The van der Waals surface area contributed by atoms with Crippen molar-refractivity contribution < 1.29 is 9.59 Å². The van der Waals surface area contributed by atoms with Crippen molar-refractivity contribution >= 4 is 17.5 Å². The molecule has 0 fully saturated rings. The number of pyridine rings is 1. The van der Waals surface area contributed by atoms with Crippen molar-refractivity contribution in [2.24, 2.45) is 0 Å². The Balaban J connectivity index is 1.62. The van der Waals surface area contributed by atoms with Crippen LogP contribution in [0.4, 0.5) is 5.69 Å². The average Bonchev–Trinajstić information content (AvgIpc) is 3.00. The molecule has 2 amide bonds. The van der Waals surface area contributed by atoms with Gasteiger partial charge in [-0.3, -0.25) is 19.5 Å². The van der Waals surface area contributed by atoms with Gasteiger partial charge >= 0.3 is 0 Å². The highest BCUT2D eigenvalue weighted by atomic mass is 16.2. The Kier molecular flexibility index (Phi) is 5.12. The van der Waals surface area contributed by atoms with Gasteiger partial charge in [0.2, 0.25) is 5.91 Å². The number of aromatic nitrogens is 1. The van der Waals surface area contributed by atoms with Crippen LogP contribution in [0.2, 0.25) is 0 Å². The fourth-order valence-corrected chi connectivity index (χ4v) is 3.79. The number of nitrogens with zero attached hydrogens (tertiary/aromatic N) is 3. The monoisotopic (exact) mass is 385 g/mol. The van der Waals surface area contributed by atoms with E-state index in [1.54, 1.807) is 35.2 Å². The summed E-state index contributed by atoms with van der Waals surface area (Å²) in [5.74, 6) is -0.134. The van der Waals surface area contributed by atoms with Gasteiger partial charge in [-0.05, 0) is 42.3 Å². The van der Waals surface area contributed by atoms with E-state index in [1.165, 1.54) is 0 Å². The zero-order chi connectivity index (χ0) is 20.4. The predicted molar refractivity (Wildman–Crippen MR) is 112 cm³/mol. The van der Waals surface area contributed by atoms with E-state index < -0.39 is 6.04 Å². The Labute approximate surface area is 170 Å². The minimum absolute atomic E-state index is 0.0252. The lowest BCUT2D eigenvalue weighted by Gasteiger charge is -2.27. The summed E-state index contributed by atoms with van der Waals surface area (Å²) in [4.78, 5) is 34.0. The van der Waals surface area contributed by atoms with E-state index in [-0.39, 0.29) is 18.2 Å². The molecule has 4 rings (SSSR count). The number of benzene rings is 2. The number of hydrogen-bond donors (Lipinski definition) is 0. The smallest absolute Gasteiger partial charge is 0.260 e. The molecule has 2 heterocycles. The largest absolute Gasteiger partial charge is 0.341 e. The highest BCUT2D eigenvalue weighted by Gasteiger charge is 2.40. The number of carbonyl (C=O) groups excluding carboxylic acids is 2. The van der Waals surface area contributed by atoms with E-state index in [4.69, 9.17) is 0 Å². The van der Waals surface area contributed by atoms with Gasteiger partial charge in [-0.25, -0.2) is 0 Å². The topological polar surface area (TPSA) is 53.5 Å². The maximum atomic E-state index is 13.1. The predicted octanol–water partition coefficient (Wildman–Crippen LogP) is 4.14. The van der Waals surface area contributed by atoms with Gasteiger partial charge in [-0.15, -0.1) is 0 Å². The van der Waals surface area contributed by atoms with Crippen LogP contribution < -0.4 is 4.90 Å². The molecular weight excluding hydrogens is 362 g/mol. The molecule has 1 aromatic heterocycles. The molecule has 2 aromatic carbocycles. The zero-order valence-electron chi connectivity index (χ0n) is 16.6. The SMILES string of the molecule is Cc1cccc(N2C(=O)c3cccnc3[C@@H]2CC(=O)N(C)Cc2ccccc2)c1. The van der Waals surface area contributed by atoms with Crippen LogP contribution >= 0.6 is 0 Å². The van der Waals surface area contributed by atoms with E-state index >= 15 is 0 Å². The quantitative estimate of drug-likeness (QED) is 0.663. The van der Waals surface area contributed by atoms with E-state index in [9.17, 15) is 9.59 Å². The van der Waals surface area contributed by atoms with Gasteiger partial charge < -0.3 is 4.90 Å². The van der Waals surface area contributed by atoms with Crippen molar-refractivity contribution in [3.63, 3.8) is 0 Å². The number of fused-ring (bicyclic) bond motifs is 1. The third-order valence-corrected chi connectivity index (χ3v) is 5.25. The van der Waals surface area contributed by atoms with Crippen molar-refractivity contribution in [2.75, 3.05) is 11.9 Å². The van der Waals surface area contributed by atoms with Crippen molar-refractivity contribution in [2.45, 2.75) is 25.9 Å². The first-order chi connectivity index (χ1) is 14.0. The maximum Gasteiger partial charge on any atom is 0.260 e. The molecule has 3 aromatic rings. The van der Waals surface area contributed by atoms with E-state index in [1.807, 2.05) is 61.5 Å². The first kappa shape index (κ1) is 18.9. The lowest BCUT2D eigenvalue weighted by Crippen LogP contribution is -2.34. The van der Waals surface area contributed by atoms with Gasteiger partial charge in [0, 0.05) is 25.5 Å². The number of carbonyl (C=O) groups is 2. The first-order valence-corrected chi connectivity index (χ1v) is 9.67. The molecule has 0 saturated carbocycles. The van der Waals surface area contributed by atoms with Crippen molar-refractivity contribution in [1.82, 2.24) is 9.88 Å². The zero-order valence-corrected chi connectivity index (χ0v) is 16.6. The van der Waals surface area contributed by atoms with Crippen LogP contribution in [0.3, 0.4) is 0 Å². The Bertz CT molecular complexity index is 1050. The van der Waals surface area contributed by atoms with Gasteiger partial charge in [-0.2, -0.15) is 0 Å². The van der Waals surface area contributed by atoms with Gasteiger partial charge in [0.25, 0.3) is 5.91 Å². The Morgan fingerprint density at radius 1 is 1.07 bits per heavy atom. The molecule has 0 saturated heterocycles. The Morgan fingerprint density at radius 3 is 2.62 bits per heavy atom. The Morgan fingerprint density at radius 2 is 1.86 bits per heavy atom. The van der Waals surface area contributed by atoms with Crippen LogP contribution in [-0.4, -0.2) is 28.7 Å². The van der Waals surface area contributed by atoms with Gasteiger partial charge in [0.1, 0.15) is 0 Å². The molecule has 5 nitrogen and oxygen atoms in total. The summed E-state index contributed by atoms with van der Waals surface area (Å²) in [5.41, 5.74) is 4.15. The molecule has 0 N–H and O–H groups in total. The maximum absolute atomic E-state index is 13.1. The van der Waals surface area contributed by atoms with Crippen LogP contribution in [-0.2, 0) is 11.3 Å². The van der Waals surface area contributed by atoms with Gasteiger partial charge in [-0.1, -0.05) is 42.5 Å². The van der Waals surface area contributed by atoms with Crippen LogP contribution in [0.1, 0.15) is 39.6 Å². The molecule has 29 heavy (non-hydrogen) atoms. The Hall–Kier alpha value is -3.47. The highest BCUT2D eigenvalue weighted by Crippen LogP contribution is 2.38. The average molecular weight is 385 g/mol. The summed E-state index contributed by atoms with van der Waals surface area (Å²) in [6.07, 6.45) is 1.87. The lowest BCUT2D eigenvalue weighted by atomic mass is 10.1. The number of aryl methyl sites for hydroxylation is 1. The minimum Gasteiger partial charge on any atom is -0.341 e. The second kappa shape index (κ2) is 7.87. The van der Waals surface area contributed by atoms with E-state index in [0.717, 1.165) is 16.8 Å². The van der Waals surface area contributed by atoms with Crippen molar-refractivity contribution in [1.29, 1.82) is 0 Å². The molecule has 146 valence electrons. The van der Waals surface area contributed by atoms with Crippen molar-refractivity contribution in [3.05, 3.63) is 95.3 Å². The number of rotatable bonds is 5. The summed E-state index contributed by atoms with van der Waals surface area (Å²) < 4.78 is 0. The molecule has 5 heteroatoms. The summed E-state index contributed by atoms with van der Waals surface area (Å²) in [6, 6.07) is 20.8. The second-order valence-corrected chi connectivity index (χ2v) is 7.41. The molecular formula is C24H23N3O2. The van der Waals surface area contributed by atoms with Gasteiger partial charge in [0.15, 0.2) is 0 Å². The van der Waals surface area contributed by atoms with Crippen LogP contribution in [0.15, 0.2) is 72.9 Å². The minimum atomic E-state index is -0.411. The van der Waals surface area contributed by atoms with Crippen LogP contribution in [0, 0.1) is 6.92 Å². The molecule has 0 unspecified atom stereocenters. The molecule has 0 spiro atoms. The fraction of sp³-hybridized carbons (Fsp3) is 0.208. The van der Waals surface area contributed by atoms with Crippen LogP contribution in [0.25, 0.3) is 0 Å².